The van der Waals surface area contributed by atoms with E-state index >= 15 is 0 Å². The molecule has 1 aliphatic heterocycles. The van der Waals surface area contributed by atoms with Crippen molar-refractivity contribution in [3.63, 3.8) is 0 Å². The maximum Gasteiger partial charge on any atom is 0.231 e. The molecule has 3 heterocycles. The van der Waals surface area contributed by atoms with Crippen LogP contribution in [0.25, 0.3) is 22.2 Å². The minimum Gasteiger partial charge on any atom is -0.489 e. The van der Waals surface area contributed by atoms with Crippen LogP contribution in [0.2, 0.25) is 5.02 Å². The van der Waals surface area contributed by atoms with Gasteiger partial charge in [-0.2, -0.15) is 0 Å². The Labute approximate surface area is 217 Å². The molecule has 0 fully saturated rings. The van der Waals surface area contributed by atoms with Gasteiger partial charge in [-0.1, -0.05) is 11.6 Å². The molecule has 0 spiro atoms. The van der Waals surface area contributed by atoms with Gasteiger partial charge in [-0.25, -0.2) is 9.37 Å². The van der Waals surface area contributed by atoms with Crippen molar-refractivity contribution in [1.29, 1.82) is 0 Å². The lowest BCUT2D eigenvalue weighted by Crippen LogP contribution is -2.40. The highest BCUT2D eigenvalue weighted by molar-refractivity contribution is 6.31. The topological polar surface area (TPSA) is 118 Å². The molecule has 37 heavy (non-hydrogen) atoms. The number of ketones is 1. The Bertz CT molecular complexity index is 1550. The van der Waals surface area contributed by atoms with Gasteiger partial charge in [-0.15, -0.1) is 0 Å². The molecule has 7 nitrogen and oxygen atoms in total. The van der Waals surface area contributed by atoms with Crippen molar-refractivity contribution in [2.75, 3.05) is 6.61 Å². The number of aromatic nitrogens is 2. The summed E-state index contributed by atoms with van der Waals surface area (Å²) in [7, 11) is 0. The Morgan fingerprint density at radius 1 is 1.22 bits per heavy atom. The minimum absolute atomic E-state index is 0.0159. The first-order valence-electron chi connectivity index (χ1n) is 11.8. The van der Waals surface area contributed by atoms with E-state index in [1.165, 1.54) is 12.1 Å². The Morgan fingerprint density at radius 2 is 1.95 bits per heavy atom. The summed E-state index contributed by atoms with van der Waals surface area (Å²) in [5.74, 6) is -0.815. The monoisotopic (exact) mass is 521 g/mol. The summed E-state index contributed by atoms with van der Waals surface area (Å²) in [5.41, 5.74) is 5.89. The van der Waals surface area contributed by atoms with Crippen molar-refractivity contribution in [2.24, 2.45) is 5.73 Å². The molecule has 2 aromatic carbocycles. The summed E-state index contributed by atoms with van der Waals surface area (Å²) in [6.45, 7) is 3.24. The quantitative estimate of drug-likeness (QED) is 0.295. The number of H-pyrrole nitrogens is 1. The second kappa shape index (κ2) is 8.97. The molecule has 0 bridgehead atoms. The lowest BCUT2D eigenvalue weighted by Gasteiger charge is -2.25. The molecule has 5 rings (SSSR count). The summed E-state index contributed by atoms with van der Waals surface area (Å²) in [6, 6.07) is 14.3. The number of nitrogens with one attached hydrogen (secondary N) is 1. The molecule has 0 unspecified atom stereocenters. The number of ether oxygens (including phenoxy) is 1. The predicted molar refractivity (Wildman–Crippen MR) is 138 cm³/mol. The highest BCUT2D eigenvalue weighted by atomic mass is 35.5. The molecular weight excluding hydrogens is 497 g/mol. The van der Waals surface area contributed by atoms with Crippen molar-refractivity contribution in [3.8, 4) is 17.0 Å². The van der Waals surface area contributed by atoms with Crippen LogP contribution < -0.4 is 10.5 Å². The Hall–Kier alpha value is -3.75. The number of amides is 1. The molecule has 2 atom stereocenters. The maximum atomic E-state index is 13.6. The fourth-order valence-electron chi connectivity index (χ4n) is 4.54. The van der Waals surface area contributed by atoms with Crippen LogP contribution in [-0.2, 0) is 15.8 Å². The molecule has 2 aromatic heterocycles. The van der Waals surface area contributed by atoms with Gasteiger partial charge in [0.05, 0.1) is 11.4 Å². The van der Waals surface area contributed by atoms with Crippen LogP contribution in [0.1, 0.15) is 48.4 Å². The van der Waals surface area contributed by atoms with E-state index < -0.39 is 22.7 Å². The van der Waals surface area contributed by atoms with Crippen molar-refractivity contribution < 1.29 is 23.8 Å². The van der Waals surface area contributed by atoms with E-state index in [0.29, 0.717) is 33.3 Å². The van der Waals surface area contributed by atoms with Crippen molar-refractivity contribution >= 4 is 34.2 Å². The number of primary amides is 1. The lowest BCUT2D eigenvalue weighted by atomic mass is 9.81. The van der Waals surface area contributed by atoms with E-state index in [9.17, 15) is 19.1 Å². The van der Waals surface area contributed by atoms with E-state index in [2.05, 4.69) is 9.97 Å². The van der Waals surface area contributed by atoms with Gasteiger partial charge in [-0.05, 0) is 74.9 Å². The van der Waals surface area contributed by atoms with E-state index in [1.807, 2.05) is 0 Å². The van der Waals surface area contributed by atoms with Gasteiger partial charge in [0, 0.05) is 33.5 Å². The molecule has 1 aliphatic rings. The van der Waals surface area contributed by atoms with Crippen LogP contribution >= 0.6 is 11.6 Å². The zero-order valence-electron chi connectivity index (χ0n) is 20.3. The van der Waals surface area contributed by atoms with Crippen LogP contribution in [0.15, 0.2) is 54.6 Å². The van der Waals surface area contributed by atoms with E-state index in [0.717, 1.165) is 10.9 Å². The SMILES string of the molecule is C[C@](O)(CCC(=O)c1cc2cc(Cl)ccc2[nH]1)c1cc2c(c(-c3ccc(F)cc3)n1)OC[C@]2(C)C(N)=O. The number of pyridine rings is 1. The first-order valence-corrected chi connectivity index (χ1v) is 12.1. The Morgan fingerprint density at radius 3 is 2.65 bits per heavy atom. The zero-order valence-corrected chi connectivity index (χ0v) is 21.0. The normalized spacial score (nSPS) is 18.3. The Balaban J connectivity index is 1.49. The summed E-state index contributed by atoms with van der Waals surface area (Å²) in [4.78, 5) is 33.1. The molecule has 4 aromatic rings. The van der Waals surface area contributed by atoms with Crippen LogP contribution in [0.5, 0.6) is 5.75 Å². The smallest absolute Gasteiger partial charge is 0.231 e. The van der Waals surface area contributed by atoms with Crippen LogP contribution in [0.3, 0.4) is 0 Å². The number of benzene rings is 2. The molecule has 0 aliphatic carbocycles. The third-order valence-corrected chi connectivity index (χ3v) is 7.24. The van der Waals surface area contributed by atoms with Crippen molar-refractivity contribution in [2.45, 2.75) is 37.7 Å². The van der Waals surface area contributed by atoms with Crippen molar-refractivity contribution in [3.05, 3.63) is 82.4 Å². The number of hydrogen-bond acceptors (Lipinski definition) is 5. The minimum atomic E-state index is -1.53. The highest BCUT2D eigenvalue weighted by Gasteiger charge is 2.45. The average Bonchev–Trinajstić information content (AvgIpc) is 3.44. The number of carbonyl (C=O) groups is 2. The molecule has 4 N–H and O–H groups in total. The van der Waals surface area contributed by atoms with Gasteiger partial charge in [-0.3, -0.25) is 9.59 Å². The van der Waals surface area contributed by atoms with Crippen LogP contribution in [-0.4, -0.2) is 33.4 Å². The number of nitrogens with two attached hydrogens (primary N) is 1. The summed E-state index contributed by atoms with van der Waals surface area (Å²) in [5, 5.41) is 12.8. The third-order valence-electron chi connectivity index (χ3n) is 7.01. The van der Waals surface area contributed by atoms with Crippen molar-refractivity contribution in [1.82, 2.24) is 9.97 Å². The van der Waals surface area contributed by atoms with E-state index in [4.69, 9.17) is 22.1 Å². The van der Waals surface area contributed by atoms with Gasteiger partial charge >= 0.3 is 0 Å². The molecule has 1 amide bonds. The van der Waals surface area contributed by atoms with Gasteiger partial charge in [0.15, 0.2) is 5.78 Å². The van der Waals surface area contributed by atoms with E-state index in [1.54, 1.807) is 56.3 Å². The van der Waals surface area contributed by atoms with Gasteiger partial charge in [0.2, 0.25) is 5.91 Å². The number of halogens is 2. The van der Waals surface area contributed by atoms with Gasteiger partial charge < -0.3 is 20.6 Å². The molecule has 0 saturated carbocycles. The number of fused-ring (bicyclic) bond motifs is 2. The first-order chi connectivity index (χ1) is 17.5. The second-order valence-electron chi connectivity index (χ2n) is 9.84. The standard InChI is InChI=1S/C28H25ClFN3O4/c1-27(26(31)35)14-37-25-19(27)13-23(33-24(25)15-3-6-18(30)7-4-15)28(2,36)10-9-22(34)21-12-16-11-17(29)5-8-20(16)32-21/h3-8,11-13,32,36H,9-10,14H2,1-2H3,(H2,31,35)/t27-,28-/m0/s1. The molecule has 0 radical (unpaired) electrons. The fraction of sp³-hybridized carbons (Fsp3) is 0.250. The number of carbonyl (C=O) groups excluding carboxylic acids is 2. The van der Waals surface area contributed by atoms with Gasteiger partial charge in [0.1, 0.15) is 34.9 Å². The number of nitrogens with zero attached hydrogens (tertiary/aromatic N) is 1. The highest BCUT2D eigenvalue weighted by Crippen LogP contribution is 2.46. The third kappa shape index (κ3) is 4.47. The van der Waals surface area contributed by atoms with Crippen LogP contribution in [0.4, 0.5) is 4.39 Å². The molecule has 190 valence electrons. The largest absolute Gasteiger partial charge is 0.489 e. The summed E-state index contributed by atoms with van der Waals surface area (Å²) in [6.07, 6.45) is 0.0898. The second-order valence-corrected chi connectivity index (χ2v) is 10.3. The number of hydrogen-bond donors (Lipinski definition) is 3. The van der Waals surface area contributed by atoms with Gasteiger partial charge in [0.25, 0.3) is 0 Å². The number of aliphatic hydroxyl groups is 1. The molecular formula is C28H25ClFN3O4. The lowest BCUT2D eigenvalue weighted by molar-refractivity contribution is -0.123. The molecule has 9 heteroatoms. The average molecular weight is 522 g/mol. The van der Waals surface area contributed by atoms with Crippen LogP contribution in [0, 0.1) is 5.82 Å². The summed E-state index contributed by atoms with van der Waals surface area (Å²) < 4.78 is 19.4. The number of Topliss-reactive ketones (excluding diaryl/α,β-unsaturated/α-hetero) is 1. The summed E-state index contributed by atoms with van der Waals surface area (Å²) >= 11 is 6.05. The number of rotatable bonds is 7. The predicted octanol–water partition coefficient (Wildman–Crippen LogP) is 5.03. The maximum absolute atomic E-state index is 13.6. The van der Waals surface area contributed by atoms with E-state index in [-0.39, 0.29) is 30.9 Å². The first kappa shape index (κ1) is 24.9. The zero-order chi connectivity index (χ0) is 26.5. The fourth-order valence-corrected chi connectivity index (χ4v) is 4.72. The molecule has 0 saturated heterocycles. The number of aromatic amines is 1. The Kier molecular flexibility index (Phi) is 6.04.